The smallest absolute Gasteiger partial charge is 0.200 e. The molecule has 2 unspecified atom stereocenters. The van der Waals surface area contributed by atoms with Gasteiger partial charge in [-0.2, -0.15) is 0 Å². The van der Waals surface area contributed by atoms with Crippen LogP contribution in [0.1, 0.15) is 61.8 Å². The number of unbranched alkanes of at least 4 members (excludes halogenated alkanes) is 1. The number of aliphatic hydroxyl groups is 1. The number of aromatic hydroxyl groups is 1. The third kappa shape index (κ3) is 6.63. The number of ether oxygens (including phenoxy) is 1. The van der Waals surface area contributed by atoms with Crippen LogP contribution >= 0.6 is 0 Å². The van der Waals surface area contributed by atoms with E-state index in [1.807, 2.05) is 38.1 Å². The normalized spacial score (nSPS) is 12.8. The number of rotatable bonds is 10. The van der Waals surface area contributed by atoms with Gasteiger partial charge in [-0.05, 0) is 63.8 Å². The molecular weight excluding hydrogens is 486 g/mol. The van der Waals surface area contributed by atoms with Crippen molar-refractivity contribution in [3.05, 3.63) is 76.9 Å². The molecule has 1 aromatic heterocycles. The van der Waals surface area contributed by atoms with Crippen molar-refractivity contribution in [2.45, 2.75) is 73.5 Å². The minimum Gasteiger partial charge on any atom is -0.507 e. The lowest BCUT2D eigenvalue weighted by atomic mass is 9.99. The number of aliphatic hydroxyl groups excluding tert-OH is 1. The largest absolute Gasteiger partial charge is 0.507 e. The molecule has 2 atom stereocenters. The summed E-state index contributed by atoms with van der Waals surface area (Å²) in [7, 11) is 0. The van der Waals surface area contributed by atoms with Crippen LogP contribution in [-0.2, 0) is 0 Å². The summed E-state index contributed by atoms with van der Waals surface area (Å²) in [6.07, 6.45) is 2.88. The molecule has 39 heavy (non-hydrogen) atoms. The fourth-order valence-electron chi connectivity index (χ4n) is 4.89. The lowest BCUT2D eigenvalue weighted by molar-refractivity contribution is -0.0663. The van der Waals surface area contributed by atoms with Crippen LogP contribution in [0.4, 0.5) is 0 Å². The van der Waals surface area contributed by atoms with Gasteiger partial charge in [-0.15, -0.1) is 0 Å². The van der Waals surface area contributed by atoms with Crippen LogP contribution < -0.4 is 4.74 Å². The summed E-state index contributed by atoms with van der Waals surface area (Å²) >= 11 is 0. The molecule has 0 aliphatic rings. The van der Waals surface area contributed by atoms with Crippen LogP contribution in [0, 0.1) is 33.6 Å². The van der Waals surface area contributed by atoms with Gasteiger partial charge >= 0.3 is 0 Å². The van der Waals surface area contributed by atoms with Crippen LogP contribution in [0.15, 0.2) is 54.6 Å². The number of phenols is 1. The highest BCUT2D eigenvalue weighted by molar-refractivity contribution is 5.72. The number of aromatic nitrogens is 3. The second-order valence-electron chi connectivity index (χ2n) is 10.4. The van der Waals surface area contributed by atoms with Crippen molar-refractivity contribution >= 4 is 0 Å². The van der Waals surface area contributed by atoms with Gasteiger partial charge < -0.3 is 14.9 Å². The number of aryl methyl sites for hydroxylation is 4. The first-order valence-corrected chi connectivity index (χ1v) is 13.8. The van der Waals surface area contributed by atoms with Crippen molar-refractivity contribution in [2.24, 2.45) is 5.92 Å². The highest BCUT2D eigenvalue weighted by Gasteiger charge is 2.21. The molecule has 0 spiro atoms. The Hall–Kier alpha value is -3.77. The monoisotopic (exact) mass is 525 g/mol. The van der Waals surface area contributed by atoms with E-state index in [2.05, 4.69) is 39.8 Å². The maximum Gasteiger partial charge on any atom is 0.200 e. The molecule has 0 aliphatic heterocycles. The van der Waals surface area contributed by atoms with Crippen LogP contribution in [0.5, 0.6) is 11.5 Å². The highest BCUT2D eigenvalue weighted by atomic mass is 16.6. The molecule has 204 valence electrons. The molecule has 0 aliphatic carbocycles. The minimum absolute atomic E-state index is 0.0225. The summed E-state index contributed by atoms with van der Waals surface area (Å²) in [5, 5.41) is 21.7. The first-order valence-electron chi connectivity index (χ1n) is 13.8. The molecule has 4 rings (SSSR count). The van der Waals surface area contributed by atoms with E-state index in [0.717, 1.165) is 59.1 Å². The van der Waals surface area contributed by atoms with Gasteiger partial charge in [0.05, 0.1) is 5.56 Å². The highest BCUT2D eigenvalue weighted by Crippen LogP contribution is 2.34. The number of benzene rings is 3. The molecule has 0 saturated carbocycles. The predicted molar refractivity (Wildman–Crippen MR) is 157 cm³/mol. The molecule has 1 heterocycles. The Bertz CT molecular complexity index is 1380. The number of hydrogen-bond donors (Lipinski definition) is 2. The van der Waals surface area contributed by atoms with Crippen molar-refractivity contribution < 1.29 is 14.9 Å². The van der Waals surface area contributed by atoms with Gasteiger partial charge in [0.25, 0.3) is 0 Å². The van der Waals surface area contributed by atoms with Crippen molar-refractivity contribution in [1.82, 2.24) is 15.0 Å². The summed E-state index contributed by atoms with van der Waals surface area (Å²) in [5.74, 6) is 1.88. The Morgan fingerprint density at radius 2 is 1.23 bits per heavy atom. The van der Waals surface area contributed by atoms with Crippen LogP contribution in [0.25, 0.3) is 34.2 Å². The summed E-state index contributed by atoms with van der Waals surface area (Å²) < 4.78 is 5.82. The third-order valence-corrected chi connectivity index (χ3v) is 7.20. The molecular formula is C33H39N3O3. The summed E-state index contributed by atoms with van der Waals surface area (Å²) in [6.45, 7) is 12.4. The van der Waals surface area contributed by atoms with E-state index in [-0.39, 0.29) is 11.7 Å². The first kappa shape index (κ1) is 28.2. The Morgan fingerprint density at radius 1 is 0.718 bits per heavy atom. The maximum atomic E-state index is 11.0. The lowest BCUT2D eigenvalue weighted by Crippen LogP contribution is -2.26. The van der Waals surface area contributed by atoms with E-state index >= 15 is 0 Å². The van der Waals surface area contributed by atoms with Gasteiger partial charge in [0.1, 0.15) is 11.5 Å². The molecule has 0 amide bonds. The van der Waals surface area contributed by atoms with Crippen molar-refractivity contribution in [3.8, 4) is 45.7 Å². The Labute approximate surface area is 231 Å². The SMILES string of the molecule is CCCCC(CC)C(O)Oc1ccc(-c2nc(-c3ccc(C)cc3C)nc(-c3ccc(C)cc3C)n2)c(O)c1. The quantitative estimate of drug-likeness (QED) is 0.206. The van der Waals surface area contributed by atoms with E-state index in [0.29, 0.717) is 28.8 Å². The number of hydrogen-bond acceptors (Lipinski definition) is 6. The fraction of sp³-hybridized carbons (Fsp3) is 0.364. The van der Waals surface area contributed by atoms with E-state index < -0.39 is 6.29 Å². The van der Waals surface area contributed by atoms with Gasteiger partial charge in [0.2, 0.25) is 0 Å². The van der Waals surface area contributed by atoms with E-state index in [1.165, 1.54) is 6.07 Å². The molecule has 0 fully saturated rings. The zero-order chi connectivity index (χ0) is 28.1. The molecule has 6 nitrogen and oxygen atoms in total. The topological polar surface area (TPSA) is 88.4 Å². The van der Waals surface area contributed by atoms with E-state index in [9.17, 15) is 10.2 Å². The number of nitrogens with zero attached hydrogens (tertiary/aromatic N) is 3. The minimum atomic E-state index is -0.934. The lowest BCUT2D eigenvalue weighted by Gasteiger charge is -2.22. The molecule has 4 aromatic rings. The van der Waals surface area contributed by atoms with Crippen molar-refractivity contribution in [1.29, 1.82) is 0 Å². The summed E-state index contributed by atoms with van der Waals surface area (Å²) in [5.41, 5.74) is 6.75. The van der Waals surface area contributed by atoms with Gasteiger partial charge in [0.15, 0.2) is 23.8 Å². The van der Waals surface area contributed by atoms with Crippen LogP contribution in [0.3, 0.4) is 0 Å². The third-order valence-electron chi connectivity index (χ3n) is 7.20. The average Bonchev–Trinajstić information content (AvgIpc) is 2.89. The zero-order valence-corrected chi connectivity index (χ0v) is 23.8. The molecule has 3 aromatic carbocycles. The van der Waals surface area contributed by atoms with Gasteiger partial charge in [-0.1, -0.05) is 74.2 Å². The van der Waals surface area contributed by atoms with Crippen LogP contribution in [0.2, 0.25) is 0 Å². The Kier molecular flexibility index (Phi) is 8.97. The summed E-state index contributed by atoms with van der Waals surface area (Å²) in [4.78, 5) is 14.4. The first-order chi connectivity index (χ1) is 18.7. The van der Waals surface area contributed by atoms with Crippen LogP contribution in [-0.4, -0.2) is 31.5 Å². The maximum absolute atomic E-state index is 11.0. The summed E-state index contributed by atoms with van der Waals surface area (Å²) in [6, 6.07) is 17.3. The van der Waals surface area contributed by atoms with Gasteiger partial charge in [-0.25, -0.2) is 15.0 Å². The molecule has 2 N–H and O–H groups in total. The average molecular weight is 526 g/mol. The molecule has 0 bridgehead atoms. The van der Waals surface area contributed by atoms with Gasteiger partial charge in [0, 0.05) is 23.1 Å². The standard InChI is InChI=1S/C33H39N3O3/c1-7-9-10-24(8-2)33(38)39-25-13-16-28(29(37)19-25)32-35-30(26-14-11-20(3)17-22(26)5)34-31(36-32)27-15-12-21(4)18-23(27)6/h11-19,24,33,37-38H,7-10H2,1-6H3. The zero-order valence-electron chi connectivity index (χ0n) is 23.8. The van der Waals surface area contributed by atoms with Crippen molar-refractivity contribution in [3.63, 3.8) is 0 Å². The number of phenolic OH excluding ortho intramolecular Hbond substituents is 1. The van der Waals surface area contributed by atoms with E-state index in [4.69, 9.17) is 19.7 Å². The molecule has 0 saturated heterocycles. The second kappa shape index (κ2) is 12.4. The predicted octanol–water partition coefficient (Wildman–Crippen LogP) is 7.73. The Balaban J connectivity index is 1.76. The van der Waals surface area contributed by atoms with Crippen molar-refractivity contribution in [2.75, 3.05) is 0 Å². The second-order valence-corrected chi connectivity index (χ2v) is 10.4. The fourth-order valence-corrected chi connectivity index (χ4v) is 4.89. The Morgan fingerprint density at radius 3 is 1.69 bits per heavy atom. The molecule has 0 radical (unpaired) electrons. The molecule has 6 heteroatoms. The van der Waals surface area contributed by atoms with Gasteiger partial charge in [-0.3, -0.25) is 0 Å². The van der Waals surface area contributed by atoms with E-state index in [1.54, 1.807) is 12.1 Å².